The van der Waals surface area contributed by atoms with Gasteiger partial charge < -0.3 is 10.1 Å². The summed E-state index contributed by atoms with van der Waals surface area (Å²) in [5.41, 5.74) is 1.84. The zero-order valence-corrected chi connectivity index (χ0v) is 15.0. The summed E-state index contributed by atoms with van der Waals surface area (Å²) in [4.78, 5) is 12.0. The zero-order valence-electron chi connectivity index (χ0n) is 13.5. The molecule has 8 heteroatoms. The Morgan fingerprint density at radius 3 is 2.56 bits per heavy atom. The van der Waals surface area contributed by atoms with Crippen LogP contribution >= 0.6 is 15.9 Å². The summed E-state index contributed by atoms with van der Waals surface area (Å²) in [5, 5.41) is 13.9. The summed E-state index contributed by atoms with van der Waals surface area (Å²) in [6.45, 7) is 1.88. The Balaban J connectivity index is 1.51. The third kappa shape index (κ3) is 4.63. The van der Waals surface area contributed by atoms with E-state index >= 15 is 0 Å². The fourth-order valence-electron chi connectivity index (χ4n) is 2.24. The van der Waals surface area contributed by atoms with Crippen molar-refractivity contribution in [1.82, 2.24) is 25.5 Å². The van der Waals surface area contributed by atoms with Crippen molar-refractivity contribution in [3.63, 3.8) is 0 Å². The van der Waals surface area contributed by atoms with Gasteiger partial charge in [-0.3, -0.25) is 4.79 Å². The lowest BCUT2D eigenvalue weighted by Crippen LogP contribution is -2.31. The highest BCUT2D eigenvalue weighted by Crippen LogP contribution is 2.17. The van der Waals surface area contributed by atoms with Crippen molar-refractivity contribution < 1.29 is 9.53 Å². The van der Waals surface area contributed by atoms with Crippen molar-refractivity contribution in [2.24, 2.45) is 0 Å². The summed E-state index contributed by atoms with van der Waals surface area (Å²) < 4.78 is 8.06. The molecule has 1 N–H and O–H groups in total. The van der Waals surface area contributed by atoms with Crippen LogP contribution in [0.1, 0.15) is 18.5 Å². The van der Waals surface area contributed by atoms with Crippen LogP contribution in [0, 0.1) is 0 Å². The number of carbonyl (C=O) groups is 1. The maximum Gasteiger partial charge on any atom is 0.258 e. The molecule has 2 aromatic carbocycles. The average molecular weight is 402 g/mol. The van der Waals surface area contributed by atoms with E-state index in [1.807, 2.05) is 43.3 Å². The molecule has 0 aliphatic heterocycles. The number of aromatic nitrogens is 4. The number of carbonyl (C=O) groups excluding carboxylic acids is 1. The molecule has 1 aromatic heterocycles. The van der Waals surface area contributed by atoms with Gasteiger partial charge in [0.1, 0.15) is 12.1 Å². The molecular weight excluding hydrogens is 386 g/mol. The Labute approximate surface area is 153 Å². The Hall–Kier alpha value is -2.74. The summed E-state index contributed by atoms with van der Waals surface area (Å²) in [7, 11) is 0. The molecule has 25 heavy (non-hydrogen) atoms. The molecule has 0 fully saturated rings. The predicted molar refractivity (Wildman–Crippen MR) is 95.3 cm³/mol. The molecule has 0 aliphatic rings. The second-order valence-electron chi connectivity index (χ2n) is 5.38. The lowest BCUT2D eigenvalue weighted by molar-refractivity contribution is -0.123. The number of tetrazole rings is 1. The molecule has 0 spiro atoms. The first-order valence-corrected chi connectivity index (χ1v) is 8.42. The number of rotatable bonds is 6. The minimum Gasteiger partial charge on any atom is -0.484 e. The second kappa shape index (κ2) is 7.89. The van der Waals surface area contributed by atoms with E-state index in [2.05, 4.69) is 36.8 Å². The normalized spacial score (nSPS) is 11.8. The maximum absolute atomic E-state index is 12.0. The zero-order chi connectivity index (χ0) is 17.6. The number of hydrogen-bond donors (Lipinski definition) is 1. The van der Waals surface area contributed by atoms with Gasteiger partial charge in [0.25, 0.3) is 5.91 Å². The first-order chi connectivity index (χ1) is 12.1. The van der Waals surface area contributed by atoms with Crippen molar-refractivity contribution in [2.45, 2.75) is 13.0 Å². The molecule has 0 aliphatic carbocycles. The Bertz CT molecular complexity index is 819. The number of hydrogen-bond acceptors (Lipinski definition) is 5. The van der Waals surface area contributed by atoms with E-state index in [4.69, 9.17) is 4.74 Å². The van der Waals surface area contributed by atoms with Gasteiger partial charge in [-0.1, -0.05) is 28.1 Å². The third-order valence-electron chi connectivity index (χ3n) is 3.57. The molecule has 1 amide bonds. The van der Waals surface area contributed by atoms with E-state index in [9.17, 15) is 4.79 Å². The van der Waals surface area contributed by atoms with Crippen molar-refractivity contribution in [3.8, 4) is 11.4 Å². The van der Waals surface area contributed by atoms with Gasteiger partial charge in [-0.15, -0.1) is 5.10 Å². The summed E-state index contributed by atoms with van der Waals surface area (Å²) in [6.07, 6.45) is 1.51. The number of benzene rings is 2. The van der Waals surface area contributed by atoms with Crippen LogP contribution in [0.2, 0.25) is 0 Å². The molecule has 7 nitrogen and oxygen atoms in total. The van der Waals surface area contributed by atoms with Crippen LogP contribution in [-0.2, 0) is 4.79 Å². The monoisotopic (exact) mass is 401 g/mol. The van der Waals surface area contributed by atoms with Crippen LogP contribution in [-0.4, -0.2) is 32.7 Å². The van der Waals surface area contributed by atoms with Crippen LogP contribution in [0.25, 0.3) is 5.69 Å². The van der Waals surface area contributed by atoms with Crippen molar-refractivity contribution in [3.05, 3.63) is 64.9 Å². The smallest absolute Gasteiger partial charge is 0.258 e. The molecule has 128 valence electrons. The van der Waals surface area contributed by atoms with E-state index in [0.717, 1.165) is 15.7 Å². The first kappa shape index (κ1) is 17.1. The van der Waals surface area contributed by atoms with Gasteiger partial charge in [0.15, 0.2) is 6.61 Å². The van der Waals surface area contributed by atoms with E-state index in [1.165, 1.54) is 11.0 Å². The predicted octanol–water partition coefficient (Wildman–Crippen LogP) is 2.68. The summed E-state index contributed by atoms with van der Waals surface area (Å²) in [5.74, 6) is 0.420. The molecule has 1 heterocycles. The highest BCUT2D eigenvalue weighted by molar-refractivity contribution is 9.10. The molecular formula is C17H16BrN5O2. The third-order valence-corrected chi connectivity index (χ3v) is 4.10. The Morgan fingerprint density at radius 1 is 1.20 bits per heavy atom. The van der Waals surface area contributed by atoms with Crippen molar-refractivity contribution in [2.75, 3.05) is 6.61 Å². The first-order valence-electron chi connectivity index (χ1n) is 7.63. The van der Waals surface area contributed by atoms with Crippen molar-refractivity contribution >= 4 is 21.8 Å². The highest BCUT2D eigenvalue weighted by Gasteiger charge is 2.10. The van der Waals surface area contributed by atoms with Crippen LogP contribution < -0.4 is 10.1 Å². The minimum absolute atomic E-state index is 0.0505. The van der Waals surface area contributed by atoms with Crippen LogP contribution in [0.4, 0.5) is 0 Å². The Kier molecular flexibility index (Phi) is 5.39. The van der Waals surface area contributed by atoms with Gasteiger partial charge in [0, 0.05) is 4.47 Å². The van der Waals surface area contributed by atoms with Crippen molar-refractivity contribution in [1.29, 1.82) is 0 Å². The number of nitrogens with one attached hydrogen (secondary N) is 1. The van der Waals surface area contributed by atoms with Crippen LogP contribution in [0.3, 0.4) is 0 Å². The standard InChI is InChI=1S/C17H16BrN5O2/c1-12(13-2-4-14(18)5-3-13)20-17(24)10-25-16-8-6-15(7-9-16)23-11-19-21-22-23/h2-9,11-12H,10H2,1H3,(H,20,24)/t12-/m1/s1. The van der Waals surface area contributed by atoms with Gasteiger partial charge in [-0.05, 0) is 59.3 Å². The van der Waals surface area contributed by atoms with Gasteiger partial charge in [0.2, 0.25) is 0 Å². The minimum atomic E-state index is -0.181. The molecule has 0 radical (unpaired) electrons. The SMILES string of the molecule is C[C@@H](NC(=O)COc1ccc(-n2cnnn2)cc1)c1ccc(Br)cc1. The molecule has 3 rings (SSSR count). The van der Waals surface area contributed by atoms with Gasteiger partial charge >= 0.3 is 0 Å². The van der Waals surface area contributed by atoms with E-state index in [1.54, 1.807) is 12.1 Å². The van der Waals surface area contributed by atoms with Gasteiger partial charge in [-0.25, -0.2) is 4.68 Å². The van der Waals surface area contributed by atoms with Crippen LogP contribution in [0.5, 0.6) is 5.75 Å². The average Bonchev–Trinajstić information content (AvgIpc) is 3.15. The van der Waals surface area contributed by atoms with Crippen LogP contribution in [0.15, 0.2) is 59.3 Å². The molecule has 0 bridgehead atoms. The maximum atomic E-state index is 12.0. The number of halogens is 1. The largest absolute Gasteiger partial charge is 0.484 e. The van der Waals surface area contributed by atoms with E-state index in [0.29, 0.717) is 5.75 Å². The second-order valence-corrected chi connectivity index (χ2v) is 6.29. The van der Waals surface area contributed by atoms with Gasteiger partial charge in [-0.2, -0.15) is 0 Å². The number of nitrogens with zero attached hydrogens (tertiary/aromatic N) is 4. The quantitative estimate of drug-likeness (QED) is 0.686. The number of ether oxygens (including phenoxy) is 1. The molecule has 0 unspecified atom stereocenters. The number of amides is 1. The summed E-state index contributed by atoms with van der Waals surface area (Å²) in [6, 6.07) is 14.9. The summed E-state index contributed by atoms with van der Waals surface area (Å²) >= 11 is 3.39. The lowest BCUT2D eigenvalue weighted by Gasteiger charge is -2.15. The molecule has 1 atom stereocenters. The molecule has 0 saturated carbocycles. The molecule has 3 aromatic rings. The molecule has 0 saturated heterocycles. The highest BCUT2D eigenvalue weighted by atomic mass is 79.9. The van der Waals surface area contributed by atoms with E-state index < -0.39 is 0 Å². The fraction of sp³-hybridized carbons (Fsp3) is 0.176. The topological polar surface area (TPSA) is 81.9 Å². The lowest BCUT2D eigenvalue weighted by atomic mass is 10.1. The van der Waals surface area contributed by atoms with E-state index in [-0.39, 0.29) is 18.6 Å². The van der Waals surface area contributed by atoms with Gasteiger partial charge in [0.05, 0.1) is 11.7 Å². The Morgan fingerprint density at radius 2 is 1.92 bits per heavy atom. The fourth-order valence-corrected chi connectivity index (χ4v) is 2.51.